The number of carbonyl (C=O) groups is 1. The number of pyridine rings is 1. The van der Waals surface area contributed by atoms with Gasteiger partial charge < -0.3 is 9.64 Å². The summed E-state index contributed by atoms with van der Waals surface area (Å²) < 4.78 is 19.8. The Bertz CT molecular complexity index is 1050. The number of ether oxygens (including phenoxy) is 1. The molecule has 1 unspecified atom stereocenters. The van der Waals surface area contributed by atoms with Crippen LogP contribution in [0.5, 0.6) is 5.75 Å². The lowest BCUT2D eigenvalue weighted by Crippen LogP contribution is -2.43. The molecule has 0 aliphatic carbocycles. The van der Waals surface area contributed by atoms with Crippen LogP contribution in [0.4, 0.5) is 4.39 Å². The number of likely N-dealkylation sites (tertiary alicyclic amines) is 1. The van der Waals surface area contributed by atoms with Crippen LogP contribution in [0.25, 0.3) is 22.0 Å². The molecule has 0 N–H and O–H groups in total. The zero-order valence-electron chi connectivity index (χ0n) is 16.2. The quantitative estimate of drug-likeness (QED) is 0.570. The fourth-order valence-electron chi connectivity index (χ4n) is 3.77. The van der Waals surface area contributed by atoms with Crippen molar-refractivity contribution in [2.24, 2.45) is 0 Å². The number of rotatable bonds is 4. The van der Waals surface area contributed by atoms with E-state index in [1.54, 1.807) is 37.4 Å². The molecule has 150 valence electrons. The number of halogens is 2. The minimum Gasteiger partial charge on any atom is -0.481 e. The van der Waals surface area contributed by atoms with E-state index in [4.69, 9.17) is 16.3 Å². The molecule has 1 aliphatic heterocycles. The molecule has 29 heavy (non-hydrogen) atoms. The molecule has 1 amide bonds. The Kier molecular flexibility index (Phi) is 5.67. The fraction of sp³-hybridized carbons (Fsp3) is 0.304. The molecule has 0 saturated carbocycles. The summed E-state index contributed by atoms with van der Waals surface area (Å²) in [5.74, 6) is 0.127. The van der Waals surface area contributed by atoms with Crippen LogP contribution in [0, 0.1) is 5.82 Å². The maximum Gasteiger partial charge on any atom is 0.263 e. The van der Waals surface area contributed by atoms with Crippen LogP contribution in [0.2, 0.25) is 5.02 Å². The van der Waals surface area contributed by atoms with Gasteiger partial charge in [-0.2, -0.15) is 0 Å². The van der Waals surface area contributed by atoms with Crippen molar-refractivity contribution < 1.29 is 13.9 Å². The Labute approximate surface area is 174 Å². The molecule has 1 fully saturated rings. The maximum absolute atomic E-state index is 13.9. The fourth-order valence-corrected chi connectivity index (χ4v) is 4.00. The van der Waals surface area contributed by atoms with Gasteiger partial charge in [-0.3, -0.25) is 9.78 Å². The Morgan fingerprint density at radius 3 is 2.72 bits per heavy atom. The van der Waals surface area contributed by atoms with Crippen molar-refractivity contribution in [3.63, 3.8) is 0 Å². The zero-order valence-corrected chi connectivity index (χ0v) is 17.0. The molecule has 1 atom stereocenters. The molecule has 6 heteroatoms. The molecule has 4 nitrogen and oxygen atoms in total. The Hall–Kier alpha value is -2.66. The summed E-state index contributed by atoms with van der Waals surface area (Å²) in [5.41, 5.74) is 2.10. The van der Waals surface area contributed by atoms with Crippen LogP contribution in [0.3, 0.4) is 0 Å². The van der Waals surface area contributed by atoms with E-state index in [0.29, 0.717) is 16.8 Å². The van der Waals surface area contributed by atoms with Crippen molar-refractivity contribution in [3.05, 3.63) is 59.5 Å². The molecule has 0 bridgehead atoms. The van der Waals surface area contributed by atoms with Gasteiger partial charge >= 0.3 is 0 Å². The van der Waals surface area contributed by atoms with Gasteiger partial charge in [0.05, 0.1) is 10.5 Å². The topological polar surface area (TPSA) is 42.4 Å². The summed E-state index contributed by atoms with van der Waals surface area (Å²) in [6.45, 7) is 3.37. The van der Waals surface area contributed by atoms with E-state index >= 15 is 0 Å². The predicted octanol–water partition coefficient (Wildman–Crippen LogP) is 5.47. The van der Waals surface area contributed by atoms with E-state index < -0.39 is 11.9 Å². The Balaban J connectivity index is 1.60. The minimum absolute atomic E-state index is 0.0121. The van der Waals surface area contributed by atoms with E-state index in [-0.39, 0.29) is 10.9 Å². The number of fused-ring (bicyclic) bond motifs is 1. The number of benzene rings is 2. The molecule has 1 saturated heterocycles. The van der Waals surface area contributed by atoms with Gasteiger partial charge in [-0.15, -0.1) is 0 Å². The SMILES string of the molecule is CC(Oc1ccc2c(-c3cccc(F)c3Cl)ccnc2c1)C(=O)N1CCCCC1. The van der Waals surface area contributed by atoms with Gasteiger partial charge in [0.15, 0.2) is 6.10 Å². The average molecular weight is 413 g/mol. The smallest absolute Gasteiger partial charge is 0.263 e. The third-order valence-electron chi connectivity index (χ3n) is 5.28. The number of amides is 1. The zero-order chi connectivity index (χ0) is 20.4. The first-order chi connectivity index (χ1) is 14.0. The summed E-state index contributed by atoms with van der Waals surface area (Å²) >= 11 is 6.17. The molecule has 1 aromatic heterocycles. The molecule has 0 radical (unpaired) electrons. The normalized spacial score (nSPS) is 15.3. The summed E-state index contributed by atoms with van der Waals surface area (Å²) in [4.78, 5) is 18.9. The highest BCUT2D eigenvalue weighted by Gasteiger charge is 2.23. The number of hydrogen-bond donors (Lipinski definition) is 0. The van der Waals surface area contributed by atoms with Gasteiger partial charge in [-0.05, 0) is 56.0 Å². The van der Waals surface area contributed by atoms with Crippen molar-refractivity contribution in [2.45, 2.75) is 32.3 Å². The lowest BCUT2D eigenvalue weighted by Gasteiger charge is -2.29. The first kappa shape index (κ1) is 19.6. The largest absolute Gasteiger partial charge is 0.481 e. The predicted molar refractivity (Wildman–Crippen MR) is 113 cm³/mol. The van der Waals surface area contributed by atoms with Crippen molar-refractivity contribution in [3.8, 4) is 16.9 Å². The average Bonchev–Trinajstić information content (AvgIpc) is 2.75. The summed E-state index contributed by atoms with van der Waals surface area (Å²) in [6.07, 6.45) is 4.36. The lowest BCUT2D eigenvalue weighted by molar-refractivity contribution is -0.138. The molecular weight excluding hydrogens is 391 g/mol. The van der Waals surface area contributed by atoms with Gasteiger partial charge in [0.1, 0.15) is 11.6 Å². The number of hydrogen-bond acceptors (Lipinski definition) is 3. The second-order valence-electron chi connectivity index (χ2n) is 7.28. The highest BCUT2D eigenvalue weighted by Crippen LogP contribution is 2.35. The van der Waals surface area contributed by atoms with Crippen LogP contribution in [-0.4, -0.2) is 35.0 Å². The van der Waals surface area contributed by atoms with Gasteiger partial charge in [0.2, 0.25) is 0 Å². The number of nitrogens with zero attached hydrogens (tertiary/aromatic N) is 2. The van der Waals surface area contributed by atoms with E-state index in [1.165, 1.54) is 12.5 Å². The van der Waals surface area contributed by atoms with Crippen LogP contribution in [0.1, 0.15) is 26.2 Å². The monoisotopic (exact) mass is 412 g/mol. The van der Waals surface area contributed by atoms with E-state index in [9.17, 15) is 9.18 Å². The molecule has 4 rings (SSSR count). The van der Waals surface area contributed by atoms with Crippen molar-refractivity contribution in [2.75, 3.05) is 13.1 Å². The van der Waals surface area contributed by atoms with E-state index in [1.807, 2.05) is 17.0 Å². The van der Waals surface area contributed by atoms with Crippen LogP contribution >= 0.6 is 11.6 Å². The number of piperidine rings is 1. The first-order valence-electron chi connectivity index (χ1n) is 9.83. The van der Waals surface area contributed by atoms with Crippen LogP contribution in [0.15, 0.2) is 48.7 Å². The molecular formula is C23H22ClFN2O2. The number of aromatic nitrogens is 1. The highest BCUT2D eigenvalue weighted by molar-refractivity contribution is 6.33. The molecule has 2 aromatic carbocycles. The second kappa shape index (κ2) is 8.37. The van der Waals surface area contributed by atoms with Crippen LogP contribution in [-0.2, 0) is 4.79 Å². The first-order valence-corrected chi connectivity index (χ1v) is 10.2. The molecule has 2 heterocycles. The van der Waals surface area contributed by atoms with Crippen molar-refractivity contribution >= 4 is 28.4 Å². The molecule has 3 aromatic rings. The third-order valence-corrected chi connectivity index (χ3v) is 5.67. The summed E-state index contributed by atoms with van der Waals surface area (Å²) in [6, 6.07) is 12.0. The maximum atomic E-state index is 13.9. The molecule has 0 spiro atoms. The number of carbonyl (C=O) groups excluding carboxylic acids is 1. The highest BCUT2D eigenvalue weighted by atomic mass is 35.5. The van der Waals surface area contributed by atoms with Gasteiger partial charge in [-0.25, -0.2) is 4.39 Å². The lowest BCUT2D eigenvalue weighted by atomic mass is 10.0. The van der Waals surface area contributed by atoms with Gasteiger partial charge in [-0.1, -0.05) is 23.7 Å². The second-order valence-corrected chi connectivity index (χ2v) is 7.66. The summed E-state index contributed by atoms with van der Waals surface area (Å²) in [7, 11) is 0. The third kappa shape index (κ3) is 4.06. The Morgan fingerprint density at radius 2 is 1.93 bits per heavy atom. The summed E-state index contributed by atoms with van der Waals surface area (Å²) in [5, 5.41) is 0.920. The van der Waals surface area contributed by atoms with E-state index in [2.05, 4.69) is 4.98 Å². The minimum atomic E-state index is -0.564. The molecule has 1 aliphatic rings. The van der Waals surface area contributed by atoms with Crippen molar-refractivity contribution in [1.82, 2.24) is 9.88 Å². The van der Waals surface area contributed by atoms with Gasteiger partial charge in [0.25, 0.3) is 5.91 Å². The van der Waals surface area contributed by atoms with Crippen LogP contribution < -0.4 is 4.74 Å². The van der Waals surface area contributed by atoms with Gasteiger partial charge in [0, 0.05) is 36.3 Å². The Morgan fingerprint density at radius 1 is 1.14 bits per heavy atom. The van der Waals surface area contributed by atoms with E-state index in [0.717, 1.165) is 36.9 Å². The van der Waals surface area contributed by atoms with Crippen molar-refractivity contribution in [1.29, 1.82) is 0 Å². The standard InChI is InChI=1S/C23H22ClFN2O2/c1-15(23(28)27-12-3-2-4-13-27)29-16-8-9-18-17(10-11-26-21(18)14-16)19-6-5-7-20(25)22(19)24/h5-11,14-15H,2-4,12-13H2,1H3.